The average molecular weight is 426 g/mol. The molecule has 3 rings (SSSR count). The second-order valence-corrected chi connectivity index (χ2v) is 5.61. The number of aromatic amines is 1. The van der Waals surface area contributed by atoms with Gasteiger partial charge in [0.15, 0.2) is 11.8 Å². The second kappa shape index (κ2) is 8.85. The Morgan fingerprint density at radius 2 is 2.00 bits per heavy atom. The fraction of sp³-hybridized carbons (Fsp3) is 0.438. The molecule has 0 bridgehead atoms. The molecule has 0 amide bonds. The summed E-state index contributed by atoms with van der Waals surface area (Å²) in [4.78, 5) is 10.9. The summed E-state index contributed by atoms with van der Waals surface area (Å²) >= 11 is 0. The molecule has 0 atom stereocenters. The monoisotopic (exact) mass is 426 g/mol. The van der Waals surface area contributed by atoms with Gasteiger partial charge >= 0.3 is 0 Å². The lowest BCUT2D eigenvalue weighted by molar-refractivity contribution is 0.428. The second-order valence-electron chi connectivity index (χ2n) is 5.61. The van der Waals surface area contributed by atoms with Crippen molar-refractivity contribution >= 4 is 29.9 Å². The number of nitrogens with zero attached hydrogens (tertiary/aromatic N) is 4. The molecule has 1 aromatic heterocycles. The lowest BCUT2D eigenvalue weighted by Gasteiger charge is -2.21. The zero-order valence-electron chi connectivity index (χ0n) is 13.1. The third-order valence-electron chi connectivity index (χ3n) is 3.97. The Morgan fingerprint density at radius 1 is 1.22 bits per heavy atom. The van der Waals surface area contributed by atoms with Gasteiger partial charge in [0.05, 0.1) is 6.54 Å². The van der Waals surface area contributed by atoms with E-state index in [1.165, 1.54) is 32.0 Å². The lowest BCUT2D eigenvalue weighted by atomic mass is 10.1. The summed E-state index contributed by atoms with van der Waals surface area (Å²) in [5, 5.41) is 6.76. The van der Waals surface area contributed by atoms with Crippen molar-refractivity contribution in [2.75, 3.05) is 13.1 Å². The predicted molar refractivity (Wildman–Crippen MR) is 103 cm³/mol. The van der Waals surface area contributed by atoms with Crippen LogP contribution in [0.5, 0.6) is 0 Å². The highest BCUT2D eigenvalue weighted by atomic mass is 127. The number of aliphatic imine (C=N–C) groups is 1. The van der Waals surface area contributed by atoms with Gasteiger partial charge in [0.1, 0.15) is 6.33 Å². The SMILES string of the molecule is I.NC(=NCc1cccc(-c2ncn[nH]2)c1)N1CCCCCC1. The minimum absolute atomic E-state index is 0. The van der Waals surface area contributed by atoms with Crippen LogP contribution in [-0.2, 0) is 6.54 Å². The van der Waals surface area contributed by atoms with Gasteiger partial charge in [-0.15, -0.1) is 24.0 Å². The summed E-state index contributed by atoms with van der Waals surface area (Å²) in [6, 6.07) is 8.13. The molecule has 1 aliphatic rings. The number of hydrogen-bond donors (Lipinski definition) is 2. The molecule has 1 fully saturated rings. The predicted octanol–water partition coefficient (Wildman–Crippen LogP) is 2.78. The Hall–Kier alpha value is -1.64. The van der Waals surface area contributed by atoms with Crippen LogP contribution in [0.3, 0.4) is 0 Å². The van der Waals surface area contributed by atoms with Crippen LogP contribution in [0.4, 0.5) is 0 Å². The third kappa shape index (κ3) is 4.92. The first-order valence-corrected chi connectivity index (χ1v) is 7.82. The molecule has 23 heavy (non-hydrogen) atoms. The number of guanidine groups is 1. The topological polar surface area (TPSA) is 83.2 Å². The van der Waals surface area contributed by atoms with Crippen molar-refractivity contribution in [1.82, 2.24) is 20.1 Å². The fourth-order valence-corrected chi connectivity index (χ4v) is 2.73. The molecule has 7 heteroatoms. The van der Waals surface area contributed by atoms with Crippen LogP contribution >= 0.6 is 24.0 Å². The van der Waals surface area contributed by atoms with E-state index in [0.717, 1.165) is 30.0 Å². The molecule has 1 aliphatic heterocycles. The first kappa shape index (κ1) is 17.7. The molecule has 0 saturated carbocycles. The van der Waals surface area contributed by atoms with E-state index in [1.54, 1.807) is 0 Å². The van der Waals surface area contributed by atoms with Crippen LogP contribution in [0.25, 0.3) is 11.4 Å². The van der Waals surface area contributed by atoms with Crippen molar-refractivity contribution in [2.24, 2.45) is 10.7 Å². The van der Waals surface area contributed by atoms with Crippen LogP contribution in [0.1, 0.15) is 31.2 Å². The molecule has 1 saturated heterocycles. The Kier molecular flexibility index (Phi) is 6.82. The molecule has 3 N–H and O–H groups in total. The molecule has 2 aromatic rings. The first-order chi connectivity index (χ1) is 10.8. The van der Waals surface area contributed by atoms with Gasteiger partial charge in [-0.2, -0.15) is 5.10 Å². The summed E-state index contributed by atoms with van der Waals surface area (Å²) in [5.41, 5.74) is 8.28. The van der Waals surface area contributed by atoms with Crippen LogP contribution in [0, 0.1) is 0 Å². The number of likely N-dealkylation sites (tertiary alicyclic amines) is 1. The minimum Gasteiger partial charge on any atom is -0.370 e. The van der Waals surface area contributed by atoms with Crippen LogP contribution in [0.2, 0.25) is 0 Å². The van der Waals surface area contributed by atoms with Crippen molar-refractivity contribution in [2.45, 2.75) is 32.2 Å². The van der Waals surface area contributed by atoms with Gasteiger partial charge in [-0.1, -0.05) is 31.0 Å². The maximum atomic E-state index is 6.15. The van der Waals surface area contributed by atoms with E-state index in [9.17, 15) is 0 Å². The molecular formula is C16H23IN6. The van der Waals surface area contributed by atoms with Crippen molar-refractivity contribution in [3.05, 3.63) is 36.2 Å². The van der Waals surface area contributed by atoms with Gasteiger partial charge in [-0.3, -0.25) is 5.10 Å². The Morgan fingerprint density at radius 3 is 2.70 bits per heavy atom. The van der Waals surface area contributed by atoms with Gasteiger partial charge in [0.2, 0.25) is 0 Å². The first-order valence-electron chi connectivity index (χ1n) is 7.82. The molecule has 2 heterocycles. The quantitative estimate of drug-likeness (QED) is 0.449. The fourth-order valence-electron chi connectivity index (χ4n) is 2.73. The highest BCUT2D eigenvalue weighted by molar-refractivity contribution is 14.0. The van der Waals surface area contributed by atoms with E-state index in [-0.39, 0.29) is 24.0 Å². The highest BCUT2D eigenvalue weighted by Crippen LogP contribution is 2.16. The van der Waals surface area contributed by atoms with E-state index in [4.69, 9.17) is 5.73 Å². The third-order valence-corrected chi connectivity index (χ3v) is 3.97. The van der Waals surface area contributed by atoms with Gasteiger partial charge in [0, 0.05) is 18.7 Å². The zero-order chi connectivity index (χ0) is 15.2. The molecular weight excluding hydrogens is 403 g/mol. The van der Waals surface area contributed by atoms with Crippen molar-refractivity contribution in [1.29, 1.82) is 0 Å². The zero-order valence-corrected chi connectivity index (χ0v) is 15.4. The van der Waals surface area contributed by atoms with E-state index in [1.807, 2.05) is 12.1 Å². The van der Waals surface area contributed by atoms with Gasteiger partial charge in [-0.25, -0.2) is 9.98 Å². The Balaban J connectivity index is 0.00000192. The van der Waals surface area contributed by atoms with Crippen molar-refractivity contribution in [3.8, 4) is 11.4 Å². The Labute approximate surface area is 153 Å². The number of hydrogen-bond acceptors (Lipinski definition) is 3. The van der Waals surface area contributed by atoms with Crippen LogP contribution in [0.15, 0.2) is 35.6 Å². The van der Waals surface area contributed by atoms with Gasteiger partial charge in [0.25, 0.3) is 0 Å². The number of halogens is 1. The normalized spacial score (nSPS) is 15.8. The number of nitrogens with two attached hydrogens (primary N) is 1. The van der Waals surface area contributed by atoms with Gasteiger partial charge < -0.3 is 10.6 Å². The molecule has 0 aliphatic carbocycles. The maximum Gasteiger partial charge on any atom is 0.191 e. The molecule has 1 aromatic carbocycles. The summed E-state index contributed by atoms with van der Waals surface area (Å²) in [6.07, 6.45) is 6.51. The van der Waals surface area contributed by atoms with Gasteiger partial charge in [-0.05, 0) is 24.5 Å². The summed E-state index contributed by atoms with van der Waals surface area (Å²) < 4.78 is 0. The van der Waals surface area contributed by atoms with Crippen LogP contribution < -0.4 is 5.73 Å². The molecule has 0 spiro atoms. The van der Waals surface area contributed by atoms with E-state index < -0.39 is 0 Å². The summed E-state index contributed by atoms with van der Waals surface area (Å²) in [5.74, 6) is 1.43. The standard InChI is InChI=1S/C16H22N6.HI/c17-16(22-8-3-1-2-4-9-22)18-11-13-6-5-7-14(10-13)15-19-12-20-21-15;/h5-7,10,12H,1-4,8-9,11H2,(H2,17,18)(H,19,20,21);1H. The highest BCUT2D eigenvalue weighted by Gasteiger charge is 2.10. The van der Waals surface area contributed by atoms with E-state index in [0.29, 0.717) is 12.5 Å². The summed E-state index contributed by atoms with van der Waals surface area (Å²) in [6.45, 7) is 2.63. The number of aromatic nitrogens is 3. The van der Waals surface area contributed by atoms with E-state index in [2.05, 4.69) is 37.2 Å². The number of rotatable bonds is 3. The molecule has 6 nitrogen and oxygen atoms in total. The minimum atomic E-state index is 0. The van der Waals surface area contributed by atoms with Crippen molar-refractivity contribution < 1.29 is 0 Å². The molecule has 0 unspecified atom stereocenters. The van der Waals surface area contributed by atoms with E-state index >= 15 is 0 Å². The molecule has 124 valence electrons. The number of H-pyrrole nitrogens is 1. The van der Waals surface area contributed by atoms with Crippen molar-refractivity contribution in [3.63, 3.8) is 0 Å². The molecule has 0 radical (unpaired) electrons. The number of nitrogens with one attached hydrogen (secondary N) is 1. The van der Waals surface area contributed by atoms with Crippen LogP contribution in [-0.4, -0.2) is 39.1 Å². The largest absolute Gasteiger partial charge is 0.370 e. The lowest BCUT2D eigenvalue weighted by Crippen LogP contribution is -2.38. The smallest absolute Gasteiger partial charge is 0.191 e. The Bertz CT molecular complexity index is 617. The maximum absolute atomic E-state index is 6.15. The summed E-state index contributed by atoms with van der Waals surface area (Å²) in [7, 11) is 0. The average Bonchev–Trinajstić information content (AvgIpc) is 2.95. The number of benzene rings is 1.